The summed E-state index contributed by atoms with van der Waals surface area (Å²) >= 11 is 0. The van der Waals surface area contributed by atoms with Gasteiger partial charge in [-0.25, -0.2) is 0 Å². The van der Waals surface area contributed by atoms with Gasteiger partial charge >= 0.3 is 0 Å². The lowest BCUT2D eigenvalue weighted by molar-refractivity contribution is -0.186. The lowest BCUT2D eigenvalue weighted by atomic mass is 9.75. The van der Waals surface area contributed by atoms with Gasteiger partial charge in [0.25, 0.3) is 12.4 Å². The summed E-state index contributed by atoms with van der Waals surface area (Å²) in [5.41, 5.74) is 0.241. The van der Waals surface area contributed by atoms with Gasteiger partial charge in [0.05, 0.1) is 29.5 Å². The summed E-state index contributed by atoms with van der Waals surface area (Å²) in [4.78, 5) is 26.0. The van der Waals surface area contributed by atoms with E-state index in [4.69, 9.17) is 14.6 Å². The molecule has 4 N–H and O–H groups in total. The molecule has 2 fully saturated rings. The van der Waals surface area contributed by atoms with Crippen LogP contribution in [0.15, 0.2) is 30.6 Å². The highest BCUT2D eigenvalue weighted by molar-refractivity contribution is 5.92. The van der Waals surface area contributed by atoms with Crippen LogP contribution in [0.25, 0.3) is 0 Å². The van der Waals surface area contributed by atoms with Crippen LogP contribution in [0.1, 0.15) is 49.3 Å². The molecule has 0 aliphatic carbocycles. The molecule has 0 unspecified atom stereocenters. The van der Waals surface area contributed by atoms with Crippen LogP contribution in [0.4, 0.5) is 0 Å². The second-order valence-corrected chi connectivity index (χ2v) is 8.68. The SMILES string of the molecule is CCn1ccc(CN2CCC3(CC2)C[C@](C)(O)[C@@H](NC(=O)c2ccc[nH]2)CO3)n1.O=CO. The molecule has 10 heteroatoms. The van der Waals surface area contributed by atoms with E-state index in [-0.39, 0.29) is 18.0 Å². The molecule has 32 heavy (non-hydrogen) atoms. The molecular formula is C22H33N5O5. The summed E-state index contributed by atoms with van der Waals surface area (Å²) in [5.74, 6) is -0.221. The monoisotopic (exact) mass is 447 g/mol. The zero-order valence-corrected chi connectivity index (χ0v) is 18.7. The van der Waals surface area contributed by atoms with Crippen LogP contribution in [0.5, 0.6) is 0 Å². The van der Waals surface area contributed by atoms with Crippen molar-refractivity contribution in [3.63, 3.8) is 0 Å². The Bertz CT molecular complexity index is 871. The van der Waals surface area contributed by atoms with Crippen molar-refractivity contribution >= 4 is 12.4 Å². The molecule has 0 aromatic carbocycles. The van der Waals surface area contributed by atoms with E-state index in [0.29, 0.717) is 18.7 Å². The first-order chi connectivity index (χ1) is 15.3. The minimum Gasteiger partial charge on any atom is -0.483 e. The normalized spacial score (nSPS) is 25.0. The van der Waals surface area contributed by atoms with Crippen LogP contribution in [-0.4, -0.2) is 79.2 Å². The number of amides is 1. The van der Waals surface area contributed by atoms with Crippen molar-refractivity contribution in [3.8, 4) is 0 Å². The maximum absolute atomic E-state index is 12.3. The molecule has 1 spiro atoms. The number of hydrogen-bond acceptors (Lipinski definition) is 6. The number of carbonyl (C=O) groups excluding carboxylic acids is 1. The number of ether oxygens (including phenoxy) is 1. The highest BCUT2D eigenvalue weighted by atomic mass is 16.5. The van der Waals surface area contributed by atoms with E-state index in [0.717, 1.165) is 44.7 Å². The van der Waals surface area contributed by atoms with Crippen molar-refractivity contribution in [2.45, 2.75) is 63.4 Å². The Morgan fingerprint density at radius 2 is 2.12 bits per heavy atom. The number of carbonyl (C=O) groups is 2. The Balaban J connectivity index is 0.000000913. The molecule has 2 saturated heterocycles. The van der Waals surface area contributed by atoms with E-state index in [1.165, 1.54) is 0 Å². The number of nitrogens with one attached hydrogen (secondary N) is 2. The van der Waals surface area contributed by atoms with Crippen molar-refractivity contribution in [2.24, 2.45) is 0 Å². The molecule has 1 amide bonds. The summed E-state index contributed by atoms with van der Waals surface area (Å²) in [6.45, 7) is 7.51. The Morgan fingerprint density at radius 1 is 1.41 bits per heavy atom. The van der Waals surface area contributed by atoms with E-state index in [9.17, 15) is 9.90 Å². The molecule has 4 heterocycles. The molecule has 2 aromatic heterocycles. The van der Waals surface area contributed by atoms with E-state index in [1.54, 1.807) is 25.3 Å². The molecule has 0 bridgehead atoms. The van der Waals surface area contributed by atoms with Crippen molar-refractivity contribution in [1.82, 2.24) is 25.0 Å². The predicted octanol–water partition coefficient (Wildman–Crippen LogP) is 1.24. The molecular weight excluding hydrogens is 414 g/mol. The minimum absolute atomic E-state index is 0.221. The summed E-state index contributed by atoms with van der Waals surface area (Å²) in [6, 6.07) is 5.14. The summed E-state index contributed by atoms with van der Waals surface area (Å²) in [5, 5.41) is 25.5. The molecule has 2 aromatic rings. The van der Waals surface area contributed by atoms with Crippen molar-refractivity contribution < 1.29 is 24.5 Å². The van der Waals surface area contributed by atoms with Gasteiger partial charge in [-0.05, 0) is 44.9 Å². The fourth-order valence-corrected chi connectivity index (χ4v) is 4.50. The average Bonchev–Trinajstić information content (AvgIpc) is 3.44. The molecule has 2 aliphatic rings. The smallest absolute Gasteiger partial charge is 0.290 e. The van der Waals surface area contributed by atoms with Gasteiger partial charge in [-0.3, -0.25) is 19.2 Å². The van der Waals surface area contributed by atoms with Crippen molar-refractivity contribution in [3.05, 3.63) is 42.0 Å². The minimum atomic E-state index is -1.01. The van der Waals surface area contributed by atoms with Gasteiger partial charge in [0.2, 0.25) is 0 Å². The van der Waals surface area contributed by atoms with Gasteiger partial charge in [-0.1, -0.05) is 0 Å². The third-order valence-electron chi connectivity index (χ3n) is 6.31. The van der Waals surface area contributed by atoms with Crippen LogP contribution in [0.2, 0.25) is 0 Å². The second-order valence-electron chi connectivity index (χ2n) is 8.68. The summed E-state index contributed by atoms with van der Waals surface area (Å²) in [6.07, 6.45) is 5.99. The van der Waals surface area contributed by atoms with Crippen LogP contribution in [0, 0.1) is 0 Å². The van der Waals surface area contributed by atoms with Crippen molar-refractivity contribution in [1.29, 1.82) is 0 Å². The molecule has 0 saturated carbocycles. The molecule has 10 nitrogen and oxygen atoms in total. The van der Waals surface area contributed by atoms with E-state index < -0.39 is 11.6 Å². The number of H-pyrrole nitrogens is 1. The quantitative estimate of drug-likeness (QED) is 0.507. The summed E-state index contributed by atoms with van der Waals surface area (Å²) < 4.78 is 8.21. The second kappa shape index (κ2) is 10.3. The first-order valence-corrected chi connectivity index (χ1v) is 10.9. The largest absolute Gasteiger partial charge is 0.483 e. The maximum atomic E-state index is 12.3. The number of hydrogen-bond donors (Lipinski definition) is 4. The summed E-state index contributed by atoms with van der Waals surface area (Å²) in [7, 11) is 0. The third kappa shape index (κ3) is 5.76. The lowest BCUT2D eigenvalue weighted by Crippen LogP contribution is -2.63. The zero-order chi connectivity index (χ0) is 23.2. The standard InChI is InChI=1S/C21H31N5O3.CH2O2/c1-3-26-10-6-16(24-26)13-25-11-7-21(8-12-25)15-20(2,28)18(14-29-21)23-19(27)17-5-4-9-22-17;2-1-3/h4-6,9-10,18,22,28H,3,7-8,11-15H2,1-2H3,(H,23,27);1H,(H,2,3)/t18-,20-;/m0./s1. The first-order valence-electron chi connectivity index (χ1n) is 10.9. The number of aromatic amines is 1. The van der Waals surface area contributed by atoms with Gasteiger partial charge in [0, 0.05) is 45.0 Å². The molecule has 0 radical (unpaired) electrons. The molecule has 4 rings (SSSR count). The van der Waals surface area contributed by atoms with Gasteiger partial charge in [0.1, 0.15) is 5.69 Å². The topological polar surface area (TPSA) is 133 Å². The van der Waals surface area contributed by atoms with Crippen LogP contribution < -0.4 is 5.32 Å². The fraction of sp³-hybridized carbons (Fsp3) is 0.591. The number of aliphatic hydroxyl groups is 1. The Labute approximate surface area is 187 Å². The van der Waals surface area contributed by atoms with E-state index in [1.807, 2.05) is 10.9 Å². The number of aryl methyl sites for hydroxylation is 1. The van der Waals surface area contributed by atoms with Gasteiger partial charge < -0.3 is 25.3 Å². The van der Waals surface area contributed by atoms with E-state index in [2.05, 4.69) is 33.3 Å². The van der Waals surface area contributed by atoms with Gasteiger partial charge in [-0.2, -0.15) is 5.10 Å². The molecule has 2 atom stereocenters. The third-order valence-corrected chi connectivity index (χ3v) is 6.31. The van der Waals surface area contributed by atoms with E-state index >= 15 is 0 Å². The van der Waals surface area contributed by atoms with Gasteiger partial charge in [-0.15, -0.1) is 0 Å². The van der Waals surface area contributed by atoms with Crippen molar-refractivity contribution in [2.75, 3.05) is 19.7 Å². The maximum Gasteiger partial charge on any atom is 0.290 e. The number of rotatable bonds is 5. The first kappa shape index (κ1) is 24.0. The number of piperidine rings is 1. The number of aromatic nitrogens is 3. The molecule has 2 aliphatic heterocycles. The Morgan fingerprint density at radius 3 is 2.69 bits per heavy atom. The van der Waals surface area contributed by atoms with Crippen LogP contribution in [0.3, 0.4) is 0 Å². The number of likely N-dealkylation sites (tertiary alicyclic amines) is 1. The fourth-order valence-electron chi connectivity index (χ4n) is 4.50. The average molecular weight is 448 g/mol. The Hall–Kier alpha value is -2.69. The Kier molecular flexibility index (Phi) is 7.70. The van der Waals surface area contributed by atoms with Gasteiger partial charge in [0.15, 0.2) is 0 Å². The number of nitrogens with zero attached hydrogens (tertiary/aromatic N) is 3. The van der Waals surface area contributed by atoms with Crippen LogP contribution in [-0.2, 0) is 22.6 Å². The molecule has 176 valence electrons. The van der Waals surface area contributed by atoms with Crippen LogP contribution >= 0.6 is 0 Å². The highest BCUT2D eigenvalue weighted by Crippen LogP contribution is 2.39. The lowest BCUT2D eigenvalue weighted by Gasteiger charge is -2.51. The zero-order valence-electron chi connectivity index (χ0n) is 18.7. The predicted molar refractivity (Wildman–Crippen MR) is 117 cm³/mol. The number of carboxylic acid groups (broad SMARTS) is 1. The highest BCUT2D eigenvalue weighted by Gasteiger charge is 2.49.